The molecule has 0 aromatic heterocycles. The number of fused-ring (bicyclic) bond motifs is 1. The second-order valence-electron chi connectivity index (χ2n) is 3.93. The van der Waals surface area contributed by atoms with E-state index in [0.29, 0.717) is 6.54 Å². The number of amides is 1. The van der Waals surface area contributed by atoms with Crippen LogP contribution in [0.2, 0.25) is 0 Å². The summed E-state index contributed by atoms with van der Waals surface area (Å²) in [5.41, 5.74) is 2.02. The first kappa shape index (κ1) is 12.1. The van der Waals surface area contributed by atoms with Crippen LogP contribution in [0, 0.1) is 0 Å². The smallest absolute Gasteiger partial charge is 0.303 e. The maximum absolute atomic E-state index is 11.9. The third-order valence-corrected chi connectivity index (χ3v) is 3.57. The van der Waals surface area contributed by atoms with Crippen molar-refractivity contribution in [3.8, 4) is 0 Å². The van der Waals surface area contributed by atoms with Gasteiger partial charge in [0.15, 0.2) is 0 Å². The highest BCUT2D eigenvalue weighted by Gasteiger charge is 2.25. The minimum absolute atomic E-state index is 0.0568. The zero-order valence-electron chi connectivity index (χ0n) is 9.15. The maximum Gasteiger partial charge on any atom is 0.303 e. The number of benzene rings is 1. The summed E-state index contributed by atoms with van der Waals surface area (Å²) in [4.78, 5) is 24.0. The van der Waals surface area contributed by atoms with Gasteiger partial charge in [-0.15, -0.1) is 0 Å². The number of halogens is 1. The zero-order chi connectivity index (χ0) is 12.4. The van der Waals surface area contributed by atoms with E-state index in [2.05, 4.69) is 15.9 Å². The van der Waals surface area contributed by atoms with Crippen LogP contribution >= 0.6 is 15.9 Å². The van der Waals surface area contributed by atoms with Crippen molar-refractivity contribution in [2.75, 3.05) is 11.4 Å². The highest BCUT2D eigenvalue weighted by atomic mass is 79.9. The molecule has 1 N–H and O–H groups in total. The van der Waals surface area contributed by atoms with Crippen molar-refractivity contribution in [1.82, 2.24) is 0 Å². The molecule has 0 saturated heterocycles. The fraction of sp³-hybridized carbons (Fsp3) is 0.333. The van der Waals surface area contributed by atoms with E-state index in [1.165, 1.54) is 0 Å². The minimum atomic E-state index is -0.938. The van der Waals surface area contributed by atoms with Gasteiger partial charge in [0.1, 0.15) is 0 Å². The van der Waals surface area contributed by atoms with Crippen molar-refractivity contribution in [2.24, 2.45) is 0 Å². The van der Waals surface area contributed by atoms with Gasteiger partial charge in [-0.3, -0.25) is 9.59 Å². The Kier molecular flexibility index (Phi) is 3.47. The van der Waals surface area contributed by atoms with Crippen LogP contribution < -0.4 is 4.90 Å². The van der Waals surface area contributed by atoms with E-state index in [1.807, 2.05) is 18.2 Å². The van der Waals surface area contributed by atoms with Gasteiger partial charge in [-0.1, -0.05) is 22.0 Å². The summed E-state index contributed by atoms with van der Waals surface area (Å²) in [5.74, 6) is -1.06. The first-order valence-corrected chi connectivity index (χ1v) is 6.18. The zero-order valence-corrected chi connectivity index (χ0v) is 10.7. The first-order chi connectivity index (χ1) is 8.09. The van der Waals surface area contributed by atoms with Crippen molar-refractivity contribution >= 4 is 33.5 Å². The lowest BCUT2D eigenvalue weighted by molar-refractivity contribution is -0.138. The number of hydrogen-bond acceptors (Lipinski definition) is 2. The van der Waals surface area contributed by atoms with Crippen molar-refractivity contribution < 1.29 is 14.7 Å². The summed E-state index contributed by atoms with van der Waals surface area (Å²) < 4.78 is 1.00. The summed E-state index contributed by atoms with van der Waals surface area (Å²) in [7, 11) is 0. The number of rotatable bonds is 3. The Balaban J connectivity index is 2.14. The molecule has 1 amide bonds. The molecule has 1 heterocycles. The minimum Gasteiger partial charge on any atom is -0.481 e. The molecule has 4 nitrogen and oxygen atoms in total. The van der Waals surface area contributed by atoms with E-state index in [4.69, 9.17) is 5.11 Å². The van der Waals surface area contributed by atoms with E-state index in [1.54, 1.807) is 4.90 Å². The second kappa shape index (κ2) is 4.87. The van der Waals surface area contributed by atoms with Crippen LogP contribution in [-0.2, 0) is 16.0 Å². The van der Waals surface area contributed by atoms with Crippen LogP contribution in [0.25, 0.3) is 0 Å². The molecule has 0 fully saturated rings. The molecule has 2 rings (SSSR count). The fourth-order valence-electron chi connectivity index (χ4n) is 2.00. The third-order valence-electron chi connectivity index (χ3n) is 2.82. The normalized spacial score (nSPS) is 13.6. The molecule has 1 aliphatic heterocycles. The molecule has 0 atom stereocenters. The molecular formula is C12H12BrNO3. The van der Waals surface area contributed by atoms with Crippen LogP contribution in [0.4, 0.5) is 5.69 Å². The molecule has 0 unspecified atom stereocenters. The van der Waals surface area contributed by atoms with Crippen molar-refractivity contribution in [3.05, 3.63) is 28.2 Å². The lowest BCUT2D eigenvalue weighted by atomic mass is 10.2. The third kappa shape index (κ3) is 2.49. The Morgan fingerprint density at radius 3 is 2.82 bits per heavy atom. The van der Waals surface area contributed by atoms with E-state index < -0.39 is 5.97 Å². The lowest BCUT2D eigenvalue weighted by Gasteiger charge is -2.16. The molecule has 0 bridgehead atoms. The predicted octanol–water partition coefficient (Wildman–Crippen LogP) is 2.20. The van der Waals surface area contributed by atoms with Gasteiger partial charge >= 0.3 is 5.97 Å². The van der Waals surface area contributed by atoms with Crippen molar-refractivity contribution in [2.45, 2.75) is 19.3 Å². The van der Waals surface area contributed by atoms with Gasteiger partial charge in [0, 0.05) is 23.1 Å². The molecule has 17 heavy (non-hydrogen) atoms. The Labute approximate surface area is 107 Å². The van der Waals surface area contributed by atoms with Crippen LogP contribution in [0.3, 0.4) is 0 Å². The number of carbonyl (C=O) groups excluding carboxylic acids is 1. The lowest BCUT2D eigenvalue weighted by Crippen LogP contribution is -2.29. The summed E-state index contributed by atoms with van der Waals surface area (Å²) in [6, 6.07) is 5.72. The van der Waals surface area contributed by atoms with E-state index in [-0.39, 0.29) is 18.7 Å². The van der Waals surface area contributed by atoms with E-state index in [0.717, 1.165) is 22.1 Å². The van der Waals surface area contributed by atoms with Gasteiger partial charge < -0.3 is 10.0 Å². The average molecular weight is 298 g/mol. The molecule has 5 heteroatoms. The average Bonchev–Trinajstić information content (AvgIpc) is 2.71. The maximum atomic E-state index is 11.9. The van der Waals surface area contributed by atoms with Gasteiger partial charge in [0.25, 0.3) is 0 Å². The molecule has 0 saturated carbocycles. The Morgan fingerprint density at radius 2 is 2.12 bits per heavy atom. The highest BCUT2D eigenvalue weighted by molar-refractivity contribution is 9.10. The van der Waals surface area contributed by atoms with E-state index >= 15 is 0 Å². The van der Waals surface area contributed by atoms with Gasteiger partial charge in [-0.2, -0.15) is 0 Å². The van der Waals surface area contributed by atoms with Crippen molar-refractivity contribution in [3.63, 3.8) is 0 Å². The number of anilines is 1. The van der Waals surface area contributed by atoms with Crippen molar-refractivity contribution in [1.29, 1.82) is 0 Å². The molecule has 1 aromatic rings. The Bertz CT molecular complexity index is 473. The van der Waals surface area contributed by atoms with E-state index in [9.17, 15) is 9.59 Å². The summed E-state index contributed by atoms with van der Waals surface area (Å²) >= 11 is 3.45. The standard InChI is InChI=1S/C12H12BrNO3/c13-9-2-1-3-10-8(9)6-7-14(10)11(15)4-5-12(16)17/h1-3H,4-7H2,(H,16,17). The molecule has 90 valence electrons. The second-order valence-corrected chi connectivity index (χ2v) is 4.78. The molecule has 1 aliphatic rings. The summed E-state index contributed by atoms with van der Waals surface area (Å²) in [6.45, 7) is 0.635. The molecular weight excluding hydrogens is 286 g/mol. The van der Waals surface area contributed by atoms with Crippen LogP contribution in [0.15, 0.2) is 22.7 Å². The number of aliphatic carboxylic acids is 1. The van der Waals surface area contributed by atoms with Gasteiger partial charge in [-0.05, 0) is 24.1 Å². The highest BCUT2D eigenvalue weighted by Crippen LogP contribution is 2.33. The molecule has 0 spiro atoms. The Morgan fingerprint density at radius 1 is 1.35 bits per heavy atom. The predicted molar refractivity (Wildman–Crippen MR) is 67.1 cm³/mol. The van der Waals surface area contributed by atoms with Gasteiger partial charge in [-0.25, -0.2) is 0 Å². The molecule has 1 aromatic carbocycles. The number of nitrogens with zero attached hydrogens (tertiary/aromatic N) is 1. The van der Waals surface area contributed by atoms with Crippen LogP contribution in [-0.4, -0.2) is 23.5 Å². The van der Waals surface area contributed by atoms with Crippen LogP contribution in [0.1, 0.15) is 18.4 Å². The fourth-order valence-corrected chi connectivity index (χ4v) is 2.55. The van der Waals surface area contributed by atoms with Crippen LogP contribution in [0.5, 0.6) is 0 Å². The monoisotopic (exact) mass is 297 g/mol. The Hall–Kier alpha value is -1.36. The molecule has 0 aliphatic carbocycles. The number of carboxylic acid groups (broad SMARTS) is 1. The first-order valence-electron chi connectivity index (χ1n) is 5.39. The summed E-state index contributed by atoms with van der Waals surface area (Å²) in [5, 5.41) is 8.57. The van der Waals surface area contributed by atoms with Gasteiger partial charge in [0.2, 0.25) is 5.91 Å². The topological polar surface area (TPSA) is 57.6 Å². The summed E-state index contributed by atoms with van der Waals surface area (Å²) in [6.07, 6.45) is 0.759. The SMILES string of the molecule is O=C(O)CCC(=O)N1CCc2c(Br)cccc21. The largest absolute Gasteiger partial charge is 0.481 e. The number of carbonyl (C=O) groups is 2. The van der Waals surface area contributed by atoms with Gasteiger partial charge in [0.05, 0.1) is 6.42 Å². The quantitative estimate of drug-likeness (QED) is 0.930. The number of hydrogen-bond donors (Lipinski definition) is 1. The number of carboxylic acids is 1. The molecule has 0 radical (unpaired) electrons.